The van der Waals surface area contributed by atoms with E-state index in [1.807, 2.05) is 23.1 Å². The smallest absolute Gasteiger partial charge is 0.246 e. The van der Waals surface area contributed by atoms with Crippen LogP contribution in [0.5, 0.6) is 5.75 Å². The van der Waals surface area contributed by atoms with E-state index in [2.05, 4.69) is 4.90 Å². The zero-order valence-corrected chi connectivity index (χ0v) is 15.0. The molecule has 0 aliphatic carbocycles. The molecule has 130 valence electrons. The van der Waals surface area contributed by atoms with Crippen LogP contribution in [0.4, 0.5) is 5.69 Å². The molecule has 1 saturated heterocycles. The van der Waals surface area contributed by atoms with Crippen molar-refractivity contribution in [3.05, 3.63) is 64.1 Å². The predicted molar refractivity (Wildman–Crippen MR) is 102 cm³/mol. The van der Waals surface area contributed by atoms with Gasteiger partial charge in [-0.15, -0.1) is 0 Å². The predicted octanol–water partition coefficient (Wildman–Crippen LogP) is 4.06. The van der Waals surface area contributed by atoms with Crippen LogP contribution in [-0.4, -0.2) is 42.1 Å². The number of hydrogen-bond acceptors (Lipinski definition) is 3. The summed E-state index contributed by atoms with van der Waals surface area (Å²) in [4.78, 5) is 16.4. The lowest BCUT2D eigenvalue weighted by Gasteiger charge is -2.35. The average Bonchev–Trinajstić information content (AvgIpc) is 2.63. The van der Waals surface area contributed by atoms with Gasteiger partial charge in [-0.25, -0.2) is 0 Å². The van der Waals surface area contributed by atoms with Crippen LogP contribution >= 0.6 is 23.2 Å². The molecule has 0 bridgehead atoms. The molecule has 1 heterocycles. The Balaban J connectivity index is 1.59. The van der Waals surface area contributed by atoms with Gasteiger partial charge in [0.1, 0.15) is 5.75 Å². The van der Waals surface area contributed by atoms with Crippen LogP contribution in [0.2, 0.25) is 10.0 Å². The SMILES string of the molecule is O=C(C=Cc1cccc(Cl)c1Cl)N1CCN(c2ccc(O)cc2)CC1. The quantitative estimate of drug-likeness (QED) is 0.821. The minimum absolute atomic E-state index is 0.0404. The van der Waals surface area contributed by atoms with Crippen LogP contribution in [0.15, 0.2) is 48.5 Å². The fraction of sp³-hybridized carbons (Fsp3) is 0.211. The van der Waals surface area contributed by atoms with Crippen molar-refractivity contribution in [1.82, 2.24) is 4.90 Å². The summed E-state index contributed by atoms with van der Waals surface area (Å²) < 4.78 is 0. The molecule has 1 fully saturated rings. The molecular formula is C19H18Cl2N2O2. The van der Waals surface area contributed by atoms with Crippen LogP contribution < -0.4 is 4.90 Å². The number of anilines is 1. The second-order valence-corrected chi connectivity index (χ2v) is 6.59. The van der Waals surface area contributed by atoms with E-state index in [4.69, 9.17) is 23.2 Å². The summed E-state index contributed by atoms with van der Waals surface area (Å²) in [5.74, 6) is 0.212. The van der Waals surface area contributed by atoms with Gasteiger partial charge in [-0.2, -0.15) is 0 Å². The molecule has 3 rings (SSSR count). The first-order valence-corrected chi connectivity index (χ1v) is 8.75. The average molecular weight is 377 g/mol. The molecule has 6 heteroatoms. The summed E-state index contributed by atoms with van der Waals surface area (Å²) in [7, 11) is 0. The summed E-state index contributed by atoms with van der Waals surface area (Å²) in [6, 6.07) is 12.4. The first-order chi connectivity index (χ1) is 12.0. The molecule has 1 aliphatic rings. The maximum Gasteiger partial charge on any atom is 0.246 e. The maximum atomic E-state index is 12.4. The van der Waals surface area contributed by atoms with Gasteiger partial charge in [0.2, 0.25) is 5.91 Å². The molecule has 1 aliphatic heterocycles. The molecule has 0 atom stereocenters. The van der Waals surface area contributed by atoms with Gasteiger partial charge < -0.3 is 14.9 Å². The minimum atomic E-state index is -0.0404. The lowest BCUT2D eigenvalue weighted by molar-refractivity contribution is -0.126. The molecule has 0 radical (unpaired) electrons. The van der Waals surface area contributed by atoms with E-state index in [0.29, 0.717) is 23.1 Å². The van der Waals surface area contributed by atoms with E-state index in [0.717, 1.165) is 24.3 Å². The zero-order valence-electron chi connectivity index (χ0n) is 13.5. The van der Waals surface area contributed by atoms with Crippen molar-refractivity contribution in [3.63, 3.8) is 0 Å². The largest absolute Gasteiger partial charge is 0.508 e. The molecule has 0 aromatic heterocycles. The molecule has 0 unspecified atom stereocenters. The second-order valence-electron chi connectivity index (χ2n) is 5.81. The monoisotopic (exact) mass is 376 g/mol. The number of aromatic hydroxyl groups is 1. The fourth-order valence-electron chi connectivity index (χ4n) is 2.76. The Morgan fingerprint density at radius 1 is 1.00 bits per heavy atom. The molecule has 1 N–H and O–H groups in total. The second kappa shape index (κ2) is 7.81. The highest BCUT2D eigenvalue weighted by Crippen LogP contribution is 2.26. The first kappa shape index (κ1) is 17.6. The van der Waals surface area contributed by atoms with E-state index >= 15 is 0 Å². The number of halogens is 2. The third kappa shape index (κ3) is 4.27. The topological polar surface area (TPSA) is 43.8 Å². The molecule has 2 aromatic carbocycles. The van der Waals surface area contributed by atoms with Crippen LogP contribution in [0.3, 0.4) is 0 Å². The Morgan fingerprint density at radius 2 is 1.68 bits per heavy atom. The number of piperazine rings is 1. The van der Waals surface area contributed by atoms with E-state index in [-0.39, 0.29) is 11.7 Å². The van der Waals surface area contributed by atoms with Crippen molar-refractivity contribution in [2.24, 2.45) is 0 Å². The van der Waals surface area contributed by atoms with Crippen molar-refractivity contribution < 1.29 is 9.90 Å². The van der Waals surface area contributed by atoms with Gasteiger partial charge in [0, 0.05) is 37.9 Å². The van der Waals surface area contributed by atoms with Crippen molar-refractivity contribution >= 4 is 40.9 Å². The Kier molecular flexibility index (Phi) is 5.51. The molecule has 25 heavy (non-hydrogen) atoms. The number of phenols is 1. The summed E-state index contributed by atoms with van der Waals surface area (Å²) in [6.45, 7) is 2.80. The Hall–Kier alpha value is -2.17. The molecule has 0 saturated carbocycles. The van der Waals surface area contributed by atoms with E-state index in [1.54, 1.807) is 30.3 Å². The lowest BCUT2D eigenvalue weighted by atomic mass is 10.2. The molecule has 4 nitrogen and oxygen atoms in total. The number of nitrogens with zero attached hydrogens (tertiary/aromatic N) is 2. The number of rotatable bonds is 3. The van der Waals surface area contributed by atoms with Gasteiger partial charge in [0.05, 0.1) is 10.0 Å². The Morgan fingerprint density at radius 3 is 2.36 bits per heavy atom. The molecule has 2 aromatic rings. The first-order valence-electron chi connectivity index (χ1n) is 7.99. The van der Waals surface area contributed by atoms with Crippen LogP contribution in [-0.2, 0) is 4.79 Å². The standard InChI is InChI=1S/C19H18Cl2N2O2/c20-17-3-1-2-14(19(17)21)4-9-18(25)23-12-10-22(11-13-23)15-5-7-16(24)8-6-15/h1-9,24H,10-13H2. The Bertz CT molecular complexity index is 783. The van der Waals surface area contributed by atoms with E-state index in [9.17, 15) is 9.90 Å². The van der Waals surface area contributed by atoms with Gasteiger partial charge in [-0.1, -0.05) is 35.3 Å². The van der Waals surface area contributed by atoms with Crippen molar-refractivity contribution in [2.45, 2.75) is 0 Å². The highest BCUT2D eigenvalue weighted by atomic mass is 35.5. The number of phenolic OH excluding ortho intramolecular Hbond substituents is 1. The number of carbonyl (C=O) groups is 1. The van der Waals surface area contributed by atoms with Crippen molar-refractivity contribution in [3.8, 4) is 5.75 Å². The van der Waals surface area contributed by atoms with Crippen LogP contribution in [0.1, 0.15) is 5.56 Å². The van der Waals surface area contributed by atoms with E-state index in [1.165, 1.54) is 6.08 Å². The third-order valence-corrected chi connectivity index (χ3v) is 5.03. The number of amides is 1. The van der Waals surface area contributed by atoms with Crippen LogP contribution in [0.25, 0.3) is 6.08 Å². The maximum absolute atomic E-state index is 12.4. The molecular weight excluding hydrogens is 359 g/mol. The third-order valence-electron chi connectivity index (χ3n) is 4.19. The van der Waals surface area contributed by atoms with Gasteiger partial charge >= 0.3 is 0 Å². The highest BCUT2D eigenvalue weighted by molar-refractivity contribution is 6.42. The van der Waals surface area contributed by atoms with Gasteiger partial charge in [-0.3, -0.25) is 4.79 Å². The van der Waals surface area contributed by atoms with Crippen molar-refractivity contribution in [2.75, 3.05) is 31.1 Å². The summed E-state index contributed by atoms with van der Waals surface area (Å²) >= 11 is 12.1. The van der Waals surface area contributed by atoms with Gasteiger partial charge in [0.15, 0.2) is 0 Å². The molecule has 0 spiro atoms. The lowest BCUT2D eigenvalue weighted by Crippen LogP contribution is -2.48. The minimum Gasteiger partial charge on any atom is -0.508 e. The zero-order chi connectivity index (χ0) is 17.8. The summed E-state index contributed by atoms with van der Waals surface area (Å²) in [6.07, 6.45) is 3.23. The number of hydrogen-bond donors (Lipinski definition) is 1. The number of carbonyl (C=O) groups excluding carboxylic acids is 1. The summed E-state index contributed by atoms with van der Waals surface area (Å²) in [5.41, 5.74) is 1.77. The number of benzene rings is 2. The van der Waals surface area contributed by atoms with Crippen molar-refractivity contribution in [1.29, 1.82) is 0 Å². The Labute approximate surface area is 156 Å². The normalized spacial score (nSPS) is 15.0. The van der Waals surface area contributed by atoms with Crippen LogP contribution in [0, 0.1) is 0 Å². The van der Waals surface area contributed by atoms with Gasteiger partial charge in [-0.05, 0) is 42.0 Å². The fourth-order valence-corrected chi connectivity index (χ4v) is 3.13. The van der Waals surface area contributed by atoms with E-state index < -0.39 is 0 Å². The molecule has 1 amide bonds. The van der Waals surface area contributed by atoms with Gasteiger partial charge in [0.25, 0.3) is 0 Å². The summed E-state index contributed by atoms with van der Waals surface area (Å²) in [5, 5.41) is 10.3. The highest BCUT2D eigenvalue weighted by Gasteiger charge is 2.19.